The van der Waals surface area contributed by atoms with Crippen LogP contribution in [0, 0.1) is 3.57 Å². The zero-order valence-corrected chi connectivity index (χ0v) is 11.6. The molecule has 0 saturated carbocycles. The zero-order chi connectivity index (χ0) is 9.42. The van der Waals surface area contributed by atoms with E-state index in [0.29, 0.717) is 0 Å². The Bertz CT molecular complexity index is 447. The fourth-order valence-electron chi connectivity index (χ4n) is 1.23. The molecule has 0 atom stereocenters. The predicted octanol–water partition coefficient (Wildman–Crippen LogP) is 4.52. The Morgan fingerprint density at radius 3 is 2.92 bits per heavy atom. The summed E-state index contributed by atoms with van der Waals surface area (Å²) >= 11 is 10.3. The van der Waals surface area contributed by atoms with Gasteiger partial charge < -0.3 is 0 Å². The van der Waals surface area contributed by atoms with Crippen molar-refractivity contribution in [3.8, 4) is 0 Å². The zero-order valence-electron chi connectivity index (χ0n) is 6.87. The molecule has 2 aromatic rings. The van der Waals surface area contributed by atoms with E-state index in [1.165, 1.54) is 18.6 Å². The van der Waals surface area contributed by atoms with E-state index >= 15 is 0 Å². The number of thioether (sulfide) groups is 1. The highest BCUT2D eigenvalue weighted by Crippen LogP contribution is 2.37. The summed E-state index contributed by atoms with van der Waals surface area (Å²) in [6.45, 7) is 0. The first kappa shape index (κ1) is 10.1. The minimum absolute atomic E-state index is 1.09. The molecule has 0 unspecified atom stereocenters. The number of benzene rings is 1. The van der Waals surface area contributed by atoms with E-state index in [0.717, 1.165) is 4.21 Å². The molecule has 4 heteroatoms. The highest BCUT2D eigenvalue weighted by Gasteiger charge is 2.06. The lowest BCUT2D eigenvalue weighted by atomic mass is 10.3. The third-order valence-electron chi connectivity index (χ3n) is 1.80. The summed E-state index contributed by atoms with van der Waals surface area (Å²) in [7, 11) is 0. The van der Waals surface area contributed by atoms with Gasteiger partial charge in [0, 0.05) is 18.6 Å². The molecule has 0 aliphatic rings. The Labute approximate surface area is 105 Å². The summed E-state index contributed by atoms with van der Waals surface area (Å²) in [6.07, 6.45) is 2.11. The van der Waals surface area contributed by atoms with Crippen LogP contribution < -0.4 is 0 Å². The Kier molecular flexibility index (Phi) is 3.12. The maximum atomic E-state index is 4.38. The van der Waals surface area contributed by atoms with Gasteiger partial charge in [-0.3, -0.25) is 0 Å². The minimum Gasteiger partial charge on any atom is -0.133 e. The second kappa shape index (κ2) is 4.00. The molecule has 13 heavy (non-hydrogen) atoms. The van der Waals surface area contributed by atoms with Crippen LogP contribution in [0.2, 0.25) is 0 Å². The number of rotatable bonds is 1. The fraction of sp³-hybridized carbons (Fsp3) is 0.111. The summed E-state index contributed by atoms with van der Waals surface area (Å²) in [5, 5.41) is 1.34. The van der Waals surface area contributed by atoms with Crippen LogP contribution in [0.5, 0.6) is 0 Å². The molecule has 0 aliphatic carbocycles. The van der Waals surface area contributed by atoms with Gasteiger partial charge in [-0.05, 0) is 47.0 Å². The molecule has 0 saturated heterocycles. The van der Waals surface area contributed by atoms with E-state index in [9.17, 15) is 0 Å². The van der Waals surface area contributed by atoms with Crippen LogP contribution in [0.15, 0.2) is 27.3 Å². The van der Waals surface area contributed by atoms with E-state index in [1.807, 2.05) is 0 Å². The van der Waals surface area contributed by atoms with Gasteiger partial charge in [-0.25, -0.2) is 0 Å². The quantitative estimate of drug-likeness (QED) is 0.453. The maximum Gasteiger partial charge on any atom is 0.0581 e. The Balaban J connectivity index is 2.83. The molecular weight excluding hydrogens is 331 g/mol. The van der Waals surface area contributed by atoms with Gasteiger partial charge in [-0.15, -0.1) is 35.7 Å². The summed E-state index contributed by atoms with van der Waals surface area (Å²) in [6, 6.07) is 6.49. The van der Waals surface area contributed by atoms with E-state index in [-0.39, 0.29) is 0 Å². The summed E-state index contributed by atoms with van der Waals surface area (Å²) in [5.41, 5.74) is 0. The highest BCUT2D eigenvalue weighted by molar-refractivity contribution is 14.1. The van der Waals surface area contributed by atoms with Gasteiger partial charge in [0.05, 0.1) is 4.21 Å². The van der Waals surface area contributed by atoms with Crippen molar-refractivity contribution in [3.63, 3.8) is 0 Å². The van der Waals surface area contributed by atoms with E-state index in [1.54, 1.807) is 23.1 Å². The van der Waals surface area contributed by atoms with Gasteiger partial charge >= 0.3 is 0 Å². The first-order chi connectivity index (χ1) is 6.22. The largest absolute Gasteiger partial charge is 0.133 e. The standard InChI is InChI=1S/C9H7IS3/c1-12-7-3-2-6(10)9-5(7)4-8(11)13-9/h2-4,11H,1H3. The second-order valence-electron chi connectivity index (χ2n) is 2.58. The number of thiol groups is 1. The van der Waals surface area contributed by atoms with E-state index in [4.69, 9.17) is 0 Å². The van der Waals surface area contributed by atoms with Crippen molar-refractivity contribution in [1.29, 1.82) is 0 Å². The lowest BCUT2D eigenvalue weighted by Crippen LogP contribution is -1.74. The molecule has 0 bridgehead atoms. The summed E-state index contributed by atoms with van der Waals surface area (Å²) in [4.78, 5) is 1.34. The monoisotopic (exact) mass is 338 g/mol. The first-order valence-electron chi connectivity index (χ1n) is 3.67. The van der Waals surface area contributed by atoms with Gasteiger partial charge in [0.2, 0.25) is 0 Å². The Morgan fingerprint density at radius 2 is 2.23 bits per heavy atom. The molecule has 0 aliphatic heterocycles. The molecule has 1 aromatic heterocycles. The van der Waals surface area contributed by atoms with Crippen LogP contribution in [-0.4, -0.2) is 6.26 Å². The normalized spacial score (nSPS) is 11.0. The number of thiophene rings is 1. The van der Waals surface area contributed by atoms with Gasteiger partial charge in [-0.2, -0.15) is 0 Å². The van der Waals surface area contributed by atoms with Crippen molar-refractivity contribution in [2.45, 2.75) is 9.10 Å². The van der Waals surface area contributed by atoms with Crippen molar-refractivity contribution in [3.05, 3.63) is 21.8 Å². The van der Waals surface area contributed by atoms with Crippen molar-refractivity contribution in [2.75, 3.05) is 6.26 Å². The Hall–Kier alpha value is 0.610. The molecule has 1 heterocycles. The molecule has 0 spiro atoms. The molecule has 0 radical (unpaired) electrons. The average molecular weight is 338 g/mol. The van der Waals surface area contributed by atoms with Gasteiger partial charge in [0.1, 0.15) is 0 Å². The average Bonchev–Trinajstić information content (AvgIpc) is 2.48. The van der Waals surface area contributed by atoms with Crippen molar-refractivity contribution in [1.82, 2.24) is 0 Å². The summed E-state index contributed by atoms with van der Waals surface area (Å²) < 4.78 is 3.77. The smallest absolute Gasteiger partial charge is 0.0581 e. The molecule has 0 nitrogen and oxygen atoms in total. The van der Waals surface area contributed by atoms with Crippen molar-refractivity contribution >= 4 is 68.4 Å². The number of fused-ring (bicyclic) bond motifs is 1. The molecule has 68 valence electrons. The van der Waals surface area contributed by atoms with Crippen LogP contribution >= 0.6 is 58.3 Å². The second-order valence-corrected chi connectivity index (χ2v) is 6.42. The van der Waals surface area contributed by atoms with Crippen LogP contribution in [0.1, 0.15) is 0 Å². The third-order valence-corrected chi connectivity index (χ3v) is 5.24. The van der Waals surface area contributed by atoms with Gasteiger partial charge in [0.15, 0.2) is 0 Å². The SMILES string of the molecule is CSc1ccc(I)c2sc(S)cc12. The van der Waals surface area contributed by atoms with Crippen molar-refractivity contribution < 1.29 is 0 Å². The molecule has 1 aromatic carbocycles. The third kappa shape index (κ3) is 1.86. The van der Waals surface area contributed by atoms with Gasteiger partial charge in [-0.1, -0.05) is 0 Å². The molecule has 0 amide bonds. The molecule has 0 N–H and O–H groups in total. The predicted molar refractivity (Wildman–Crippen MR) is 73.6 cm³/mol. The van der Waals surface area contributed by atoms with Gasteiger partial charge in [0.25, 0.3) is 0 Å². The van der Waals surface area contributed by atoms with Crippen LogP contribution in [0.4, 0.5) is 0 Å². The Morgan fingerprint density at radius 1 is 1.46 bits per heavy atom. The lowest BCUT2D eigenvalue weighted by molar-refractivity contribution is 1.55. The van der Waals surface area contributed by atoms with Crippen LogP contribution in [-0.2, 0) is 0 Å². The van der Waals surface area contributed by atoms with Crippen LogP contribution in [0.3, 0.4) is 0 Å². The number of hydrogen-bond donors (Lipinski definition) is 1. The molecule has 0 fully saturated rings. The lowest BCUT2D eigenvalue weighted by Gasteiger charge is -1.99. The first-order valence-corrected chi connectivity index (χ1v) is 7.24. The van der Waals surface area contributed by atoms with E-state index < -0.39 is 0 Å². The maximum absolute atomic E-state index is 4.38. The highest BCUT2D eigenvalue weighted by atomic mass is 127. The van der Waals surface area contributed by atoms with Crippen LogP contribution in [0.25, 0.3) is 10.1 Å². The minimum atomic E-state index is 1.09. The molecule has 2 rings (SSSR count). The topological polar surface area (TPSA) is 0 Å². The van der Waals surface area contributed by atoms with E-state index in [2.05, 4.69) is 59.7 Å². The molecular formula is C9H7IS3. The fourth-order valence-corrected chi connectivity index (χ4v) is 3.91. The number of hydrogen-bond acceptors (Lipinski definition) is 3. The summed E-state index contributed by atoms with van der Waals surface area (Å²) in [5.74, 6) is 0. The number of halogens is 1. The van der Waals surface area contributed by atoms with Crippen molar-refractivity contribution in [2.24, 2.45) is 0 Å².